The van der Waals surface area contributed by atoms with Crippen LogP contribution in [-0.4, -0.2) is 34.0 Å². The zero-order valence-corrected chi connectivity index (χ0v) is 11.8. The van der Waals surface area contributed by atoms with Crippen molar-refractivity contribution in [1.82, 2.24) is 10.2 Å². The molecule has 1 fully saturated rings. The van der Waals surface area contributed by atoms with E-state index in [1.165, 1.54) is 12.8 Å². The lowest BCUT2D eigenvalue weighted by atomic mass is 10.1. The molecule has 0 aromatic heterocycles. The van der Waals surface area contributed by atoms with Gasteiger partial charge in [0.15, 0.2) is 0 Å². The van der Waals surface area contributed by atoms with Gasteiger partial charge in [-0.2, -0.15) is 0 Å². The first-order valence-electron chi connectivity index (χ1n) is 6.17. The van der Waals surface area contributed by atoms with Gasteiger partial charge < -0.3 is 16.0 Å². The minimum atomic E-state index is -0.232. The maximum atomic E-state index is 12.2. The first kappa shape index (κ1) is 14.2. The van der Waals surface area contributed by atoms with Crippen LogP contribution in [-0.2, 0) is 0 Å². The molecule has 0 saturated heterocycles. The van der Waals surface area contributed by atoms with Gasteiger partial charge in [0, 0.05) is 11.6 Å². The number of nitrogens with zero attached hydrogens (tertiary/aromatic N) is 1. The number of urea groups is 1. The Bertz CT molecular complexity index is 293. The van der Waals surface area contributed by atoms with Gasteiger partial charge in [0.2, 0.25) is 0 Å². The molecule has 1 aliphatic rings. The van der Waals surface area contributed by atoms with Gasteiger partial charge in [-0.1, -0.05) is 25.1 Å². The Morgan fingerprint density at radius 2 is 1.94 bits per heavy atom. The molecule has 1 rings (SSSR count). The SMILES string of the molecule is CC(C)(C)NC(=O)N(CC(N)=S)C1CCCC1. The largest absolute Gasteiger partial charge is 0.392 e. The van der Waals surface area contributed by atoms with Crippen molar-refractivity contribution < 1.29 is 4.79 Å². The molecule has 5 heteroatoms. The van der Waals surface area contributed by atoms with E-state index in [0.717, 1.165) is 12.8 Å². The van der Waals surface area contributed by atoms with Crippen LogP contribution in [0.2, 0.25) is 0 Å². The molecule has 98 valence electrons. The molecule has 1 saturated carbocycles. The van der Waals surface area contributed by atoms with E-state index in [2.05, 4.69) is 5.32 Å². The summed E-state index contributed by atoms with van der Waals surface area (Å²) in [6, 6.07) is 0.232. The molecule has 1 aliphatic carbocycles. The summed E-state index contributed by atoms with van der Waals surface area (Å²) >= 11 is 4.92. The third-order valence-corrected chi connectivity index (χ3v) is 2.96. The third kappa shape index (κ3) is 4.89. The summed E-state index contributed by atoms with van der Waals surface area (Å²) in [6.45, 7) is 6.29. The predicted octanol–water partition coefficient (Wildman–Crippen LogP) is 2.03. The fourth-order valence-corrected chi connectivity index (χ4v) is 2.28. The topological polar surface area (TPSA) is 58.4 Å². The first-order chi connectivity index (χ1) is 7.79. The normalized spacial score (nSPS) is 16.9. The van der Waals surface area contributed by atoms with Gasteiger partial charge in [-0.05, 0) is 33.6 Å². The first-order valence-corrected chi connectivity index (χ1v) is 6.57. The van der Waals surface area contributed by atoms with Crippen LogP contribution in [0.4, 0.5) is 4.79 Å². The number of carbonyl (C=O) groups is 1. The highest BCUT2D eigenvalue weighted by Crippen LogP contribution is 2.23. The van der Waals surface area contributed by atoms with Crippen LogP contribution in [0.25, 0.3) is 0 Å². The molecule has 0 aliphatic heterocycles. The van der Waals surface area contributed by atoms with Crippen LogP contribution < -0.4 is 11.1 Å². The molecule has 0 radical (unpaired) electrons. The Labute approximate surface area is 109 Å². The number of thiocarbonyl (C=S) groups is 1. The average Bonchev–Trinajstić information content (AvgIpc) is 2.63. The highest BCUT2D eigenvalue weighted by atomic mass is 32.1. The second-order valence-corrected chi connectivity index (χ2v) is 6.24. The minimum Gasteiger partial charge on any atom is -0.392 e. The predicted molar refractivity (Wildman–Crippen MR) is 74.0 cm³/mol. The summed E-state index contributed by atoms with van der Waals surface area (Å²) in [4.78, 5) is 14.3. The Balaban J connectivity index is 2.67. The van der Waals surface area contributed by atoms with E-state index in [1.54, 1.807) is 4.90 Å². The lowest BCUT2D eigenvalue weighted by Gasteiger charge is -2.32. The molecule has 0 unspecified atom stereocenters. The Hall–Kier alpha value is -0.840. The summed E-state index contributed by atoms with van der Waals surface area (Å²) in [7, 11) is 0. The lowest BCUT2D eigenvalue weighted by Crippen LogP contribution is -2.53. The number of carbonyl (C=O) groups excluding carboxylic acids is 1. The van der Waals surface area contributed by atoms with Crippen molar-refractivity contribution >= 4 is 23.2 Å². The maximum absolute atomic E-state index is 12.2. The molecule has 4 nitrogen and oxygen atoms in total. The number of nitrogens with one attached hydrogen (secondary N) is 1. The van der Waals surface area contributed by atoms with Crippen LogP contribution in [0.15, 0.2) is 0 Å². The number of hydrogen-bond donors (Lipinski definition) is 2. The van der Waals surface area contributed by atoms with E-state index in [1.807, 2.05) is 20.8 Å². The summed E-state index contributed by atoms with van der Waals surface area (Å²) in [6.07, 6.45) is 4.48. The standard InChI is InChI=1S/C12H23N3OS/c1-12(2,3)14-11(16)15(8-10(13)17)9-6-4-5-7-9/h9H,4-8H2,1-3H3,(H2,13,17)(H,14,16). The van der Waals surface area contributed by atoms with Crippen LogP contribution in [0.5, 0.6) is 0 Å². The summed E-state index contributed by atoms with van der Waals surface area (Å²) in [5, 5.41) is 2.97. The summed E-state index contributed by atoms with van der Waals surface area (Å²) in [5.41, 5.74) is 5.34. The Morgan fingerprint density at radius 1 is 1.41 bits per heavy atom. The van der Waals surface area contributed by atoms with E-state index in [0.29, 0.717) is 17.6 Å². The zero-order valence-electron chi connectivity index (χ0n) is 11.0. The Morgan fingerprint density at radius 3 is 2.35 bits per heavy atom. The van der Waals surface area contributed by atoms with E-state index in [9.17, 15) is 4.79 Å². The van der Waals surface area contributed by atoms with E-state index >= 15 is 0 Å². The second kappa shape index (κ2) is 5.67. The van der Waals surface area contributed by atoms with Gasteiger partial charge in [0.05, 0.1) is 11.5 Å². The molecular weight excluding hydrogens is 234 g/mol. The van der Waals surface area contributed by atoms with Gasteiger partial charge in [-0.3, -0.25) is 0 Å². The molecule has 0 spiro atoms. The van der Waals surface area contributed by atoms with Gasteiger partial charge in [0.1, 0.15) is 0 Å². The van der Waals surface area contributed by atoms with E-state index in [4.69, 9.17) is 18.0 Å². The summed E-state index contributed by atoms with van der Waals surface area (Å²) in [5.74, 6) is 0. The molecule has 0 bridgehead atoms. The Kier molecular flexibility index (Phi) is 4.74. The quantitative estimate of drug-likeness (QED) is 0.761. The molecule has 0 aromatic rings. The van der Waals surface area contributed by atoms with Crippen LogP contribution in [0, 0.1) is 0 Å². The van der Waals surface area contributed by atoms with Crippen molar-refractivity contribution in [3.8, 4) is 0 Å². The van der Waals surface area contributed by atoms with Crippen LogP contribution in [0.3, 0.4) is 0 Å². The van der Waals surface area contributed by atoms with Crippen LogP contribution >= 0.6 is 12.2 Å². The lowest BCUT2D eigenvalue weighted by molar-refractivity contribution is 0.176. The molecule has 0 atom stereocenters. The third-order valence-electron chi connectivity index (χ3n) is 2.83. The fourth-order valence-electron chi connectivity index (χ4n) is 2.14. The van der Waals surface area contributed by atoms with Crippen molar-refractivity contribution in [2.45, 2.75) is 58.0 Å². The molecular formula is C12H23N3OS. The molecule has 0 heterocycles. The van der Waals surface area contributed by atoms with Crippen molar-refractivity contribution in [2.75, 3.05) is 6.54 Å². The number of amides is 2. The zero-order chi connectivity index (χ0) is 13.1. The van der Waals surface area contributed by atoms with Crippen molar-refractivity contribution in [2.24, 2.45) is 5.73 Å². The van der Waals surface area contributed by atoms with Crippen molar-refractivity contribution in [3.63, 3.8) is 0 Å². The van der Waals surface area contributed by atoms with E-state index < -0.39 is 0 Å². The molecule has 17 heavy (non-hydrogen) atoms. The highest BCUT2D eigenvalue weighted by Gasteiger charge is 2.28. The summed E-state index contributed by atoms with van der Waals surface area (Å²) < 4.78 is 0. The number of nitrogens with two attached hydrogens (primary N) is 1. The van der Waals surface area contributed by atoms with Crippen molar-refractivity contribution in [1.29, 1.82) is 0 Å². The highest BCUT2D eigenvalue weighted by molar-refractivity contribution is 7.80. The van der Waals surface area contributed by atoms with Gasteiger partial charge in [0.25, 0.3) is 0 Å². The van der Waals surface area contributed by atoms with Gasteiger partial charge >= 0.3 is 6.03 Å². The van der Waals surface area contributed by atoms with Crippen molar-refractivity contribution in [3.05, 3.63) is 0 Å². The number of rotatable bonds is 3. The van der Waals surface area contributed by atoms with E-state index in [-0.39, 0.29) is 11.6 Å². The average molecular weight is 257 g/mol. The van der Waals surface area contributed by atoms with Gasteiger partial charge in [-0.25, -0.2) is 4.79 Å². The molecule has 3 N–H and O–H groups in total. The molecule has 0 aromatic carbocycles. The van der Waals surface area contributed by atoms with Crippen LogP contribution in [0.1, 0.15) is 46.5 Å². The maximum Gasteiger partial charge on any atom is 0.318 e. The monoisotopic (exact) mass is 257 g/mol. The minimum absolute atomic E-state index is 0.0581. The smallest absolute Gasteiger partial charge is 0.318 e. The second-order valence-electron chi connectivity index (χ2n) is 5.71. The fraction of sp³-hybridized carbons (Fsp3) is 0.833. The van der Waals surface area contributed by atoms with Gasteiger partial charge in [-0.15, -0.1) is 0 Å². The number of hydrogen-bond acceptors (Lipinski definition) is 2. The molecule has 2 amide bonds.